The number of carbonyl (C=O) groups is 1. The van der Waals surface area contributed by atoms with Crippen molar-refractivity contribution < 1.29 is 13.2 Å². The minimum absolute atomic E-state index is 0.0296. The lowest BCUT2D eigenvalue weighted by Gasteiger charge is -2.26. The number of rotatable bonds is 6. The van der Waals surface area contributed by atoms with Gasteiger partial charge in [0, 0.05) is 38.3 Å². The Labute approximate surface area is 138 Å². The predicted molar refractivity (Wildman–Crippen MR) is 92.0 cm³/mol. The van der Waals surface area contributed by atoms with Gasteiger partial charge < -0.3 is 10.6 Å². The van der Waals surface area contributed by atoms with Crippen molar-refractivity contribution in [2.24, 2.45) is 0 Å². The zero-order chi connectivity index (χ0) is 16.9. The van der Waals surface area contributed by atoms with E-state index >= 15 is 0 Å². The summed E-state index contributed by atoms with van der Waals surface area (Å²) in [5, 5.41) is 5.86. The van der Waals surface area contributed by atoms with Crippen molar-refractivity contribution in [2.75, 3.05) is 37.2 Å². The first-order valence-electron chi connectivity index (χ1n) is 7.97. The molecule has 1 fully saturated rings. The second kappa shape index (κ2) is 7.90. The number of anilines is 1. The first kappa shape index (κ1) is 17.9. The third kappa shape index (κ3) is 5.30. The summed E-state index contributed by atoms with van der Waals surface area (Å²) < 4.78 is 25.8. The Hall–Kier alpha value is -1.44. The van der Waals surface area contributed by atoms with E-state index in [0.717, 1.165) is 0 Å². The number of nitrogens with one attached hydrogen (secondary N) is 2. The molecule has 0 aromatic heterocycles. The van der Waals surface area contributed by atoms with Gasteiger partial charge in [0.25, 0.3) is 0 Å². The highest BCUT2D eigenvalue weighted by Gasteiger charge is 2.24. The maximum Gasteiger partial charge on any atom is 0.225 e. The van der Waals surface area contributed by atoms with E-state index < -0.39 is 10.0 Å². The van der Waals surface area contributed by atoms with Crippen LogP contribution in [0.25, 0.3) is 0 Å². The molecule has 0 unspecified atom stereocenters. The van der Waals surface area contributed by atoms with Crippen LogP contribution in [0, 0.1) is 0 Å². The lowest BCUT2D eigenvalue weighted by Crippen LogP contribution is -2.47. The SMILES string of the molecule is CC(C)c1ccc(NC(=O)CCS(=O)(=O)N2CCNCC2)cc1. The number of hydrogen-bond donors (Lipinski definition) is 2. The maximum atomic E-state index is 12.2. The number of amides is 1. The monoisotopic (exact) mass is 339 g/mol. The lowest BCUT2D eigenvalue weighted by atomic mass is 10.0. The molecule has 1 saturated heterocycles. The van der Waals surface area contributed by atoms with Crippen molar-refractivity contribution in [3.63, 3.8) is 0 Å². The molecule has 0 bridgehead atoms. The van der Waals surface area contributed by atoms with Crippen LogP contribution in [0.3, 0.4) is 0 Å². The number of sulfonamides is 1. The van der Waals surface area contributed by atoms with E-state index in [-0.39, 0.29) is 18.1 Å². The molecule has 7 heteroatoms. The lowest BCUT2D eigenvalue weighted by molar-refractivity contribution is -0.115. The van der Waals surface area contributed by atoms with Crippen LogP contribution in [0.1, 0.15) is 31.7 Å². The molecule has 0 radical (unpaired) electrons. The fourth-order valence-electron chi connectivity index (χ4n) is 2.45. The highest BCUT2D eigenvalue weighted by Crippen LogP contribution is 2.17. The Bertz CT molecular complexity index is 620. The summed E-state index contributed by atoms with van der Waals surface area (Å²) in [6.45, 7) is 6.48. The summed E-state index contributed by atoms with van der Waals surface area (Å²) in [5.74, 6) is 0.00746. The molecule has 0 atom stereocenters. The molecule has 2 rings (SSSR count). The van der Waals surface area contributed by atoms with Crippen LogP contribution in [0.4, 0.5) is 5.69 Å². The fraction of sp³-hybridized carbons (Fsp3) is 0.562. The molecule has 1 heterocycles. The van der Waals surface area contributed by atoms with Crippen molar-refractivity contribution in [3.05, 3.63) is 29.8 Å². The summed E-state index contributed by atoms with van der Waals surface area (Å²) in [6.07, 6.45) is -0.0296. The Balaban J connectivity index is 1.84. The zero-order valence-electron chi connectivity index (χ0n) is 13.7. The van der Waals surface area contributed by atoms with Crippen molar-refractivity contribution in [1.82, 2.24) is 9.62 Å². The van der Waals surface area contributed by atoms with Crippen molar-refractivity contribution in [2.45, 2.75) is 26.2 Å². The maximum absolute atomic E-state index is 12.2. The van der Waals surface area contributed by atoms with Gasteiger partial charge >= 0.3 is 0 Å². The fourth-order valence-corrected chi connectivity index (χ4v) is 3.89. The van der Waals surface area contributed by atoms with E-state index in [1.807, 2.05) is 24.3 Å². The number of piperazine rings is 1. The largest absolute Gasteiger partial charge is 0.326 e. The molecule has 2 N–H and O–H groups in total. The third-order valence-corrected chi connectivity index (χ3v) is 5.79. The molecule has 0 spiro atoms. The van der Waals surface area contributed by atoms with Gasteiger partial charge in [-0.05, 0) is 23.6 Å². The molecular formula is C16H25N3O3S. The van der Waals surface area contributed by atoms with E-state index in [1.54, 1.807) is 0 Å². The zero-order valence-corrected chi connectivity index (χ0v) is 14.5. The Morgan fingerprint density at radius 3 is 2.39 bits per heavy atom. The molecule has 1 aliphatic heterocycles. The van der Waals surface area contributed by atoms with Crippen LogP contribution >= 0.6 is 0 Å². The standard InChI is InChI=1S/C16H25N3O3S/c1-13(2)14-3-5-15(6-4-14)18-16(20)7-12-23(21,22)19-10-8-17-9-11-19/h3-6,13,17H,7-12H2,1-2H3,(H,18,20). The van der Waals surface area contributed by atoms with Crippen molar-refractivity contribution in [1.29, 1.82) is 0 Å². The summed E-state index contributed by atoms with van der Waals surface area (Å²) in [6, 6.07) is 7.63. The number of hydrogen-bond acceptors (Lipinski definition) is 4. The van der Waals surface area contributed by atoms with Crippen LogP contribution in [0.15, 0.2) is 24.3 Å². The molecule has 6 nitrogen and oxygen atoms in total. The second-order valence-electron chi connectivity index (χ2n) is 6.04. The van der Waals surface area contributed by atoms with Crippen molar-refractivity contribution in [3.8, 4) is 0 Å². The smallest absolute Gasteiger partial charge is 0.225 e. The van der Waals surface area contributed by atoms with E-state index in [0.29, 0.717) is 37.8 Å². The third-order valence-electron chi connectivity index (χ3n) is 3.92. The minimum Gasteiger partial charge on any atom is -0.326 e. The molecule has 1 aromatic carbocycles. The van der Waals surface area contributed by atoms with Gasteiger partial charge in [0.15, 0.2) is 0 Å². The number of carbonyl (C=O) groups excluding carboxylic acids is 1. The second-order valence-corrected chi connectivity index (χ2v) is 8.13. The van der Waals surface area contributed by atoms with Gasteiger partial charge in [-0.15, -0.1) is 0 Å². The molecule has 0 saturated carbocycles. The average Bonchev–Trinajstić information content (AvgIpc) is 2.54. The molecule has 128 valence electrons. The number of nitrogens with zero attached hydrogens (tertiary/aromatic N) is 1. The van der Waals surface area contributed by atoms with Gasteiger partial charge in [-0.2, -0.15) is 4.31 Å². The summed E-state index contributed by atoms with van der Waals surface area (Å²) >= 11 is 0. The summed E-state index contributed by atoms with van der Waals surface area (Å²) in [5.41, 5.74) is 1.89. The van der Waals surface area contributed by atoms with Crippen LogP contribution in [0.2, 0.25) is 0 Å². The van der Waals surface area contributed by atoms with E-state index in [1.165, 1.54) is 9.87 Å². The predicted octanol–water partition coefficient (Wildman–Crippen LogP) is 1.37. The van der Waals surface area contributed by atoms with Gasteiger partial charge in [-0.3, -0.25) is 4.79 Å². The van der Waals surface area contributed by atoms with Gasteiger partial charge in [0.2, 0.25) is 15.9 Å². The van der Waals surface area contributed by atoms with Crippen LogP contribution in [-0.4, -0.2) is 50.6 Å². The van der Waals surface area contributed by atoms with Crippen LogP contribution in [0.5, 0.6) is 0 Å². The van der Waals surface area contributed by atoms with Gasteiger partial charge in [-0.1, -0.05) is 26.0 Å². The van der Waals surface area contributed by atoms with Gasteiger partial charge in [-0.25, -0.2) is 8.42 Å². The first-order valence-corrected chi connectivity index (χ1v) is 9.58. The highest BCUT2D eigenvalue weighted by molar-refractivity contribution is 7.89. The molecular weight excluding hydrogens is 314 g/mol. The molecule has 23 heavy (non-hydrogen) atoms. The van der Waals surface area contributed by atoms with Crippen molar-refractivity contribution >= 4 is 21.6 Å². The molecule has 1 aromatic rings. The highest BCUT2D eigenvalue weighted by atomic mass is 32.2. The van der Waals surface area contributed by atoms with Crippen LogP contribution in [-0.2, 0) is 14.8 Å². The average molecular weight is 339 g/mol. The first-order chi connectivity index (χ1) is 10.9. The summed E-state index contributed by atoms with van der Waals surface area (Å²) in [7, 11) is -3.36. The Morgan fingerprint density at radius 2 is 1.83 bits per heavy atom. The summed E-state index contributed by atoms with van der Waals surface area (Å²) in [4.78, 5) is 12.0. The van der Waals surface area contributed by atoms with E-state index in [9.17, 15) is 13.2 Å². The van der Waals surface area contributed by atoms with Gasteiger partial charge in [0.1, 0.15) is 0 Å². The minimum atomic E-state index is -3.36. The van der Waals surface area contributed by atoms with E-state index in [2.05, 4.69) is 24.5 Å². The Kier molecular flexibility index (Phi) is 6.15. The normalized spacial score (nSPS) is 16.5. The molecule has 1 amide bonds. The van der Waals surface area contributed by atoms with Crippen LogP contribution < -0.4 is 10.6 Å². The topological polar surface area (TPSA) is 78.5 Å². The number of benzene rings is 1. The molecule has 1 aliphatic rings. The van der Waals surface area contributed by atoms with E-state index in [4.69, 9.17) is 0 Å². The van der Waals surface area contributed by atoms with Gasteiger partial charge in [0.05, 0.1) is 5.75 Å². The quantitative estimate of drug-likeness (QED) is 0.821. The Morgan fingerprint density at radius 1 is 1.22 bits per heavy atom. The molecule has 0 aliphatic carbocycles.